The highest BCUT2D eigenvalue weighted by Crippen LogP contribution is 2.22. The molecule has 7 heteroatoms. The SMILES string of the molecule is CCCCCCCCCC(=O)OCCCN(CC)CCC1CCN(C(=O)CN(CCCCCCCCC)CCN(CCCCCCCCC)CCCCCCCCC)CC1. The first-order chi connectivity index (χ1) is 29.5. The number of ether oxygens (including phenoxy) is 1. The van der Waals surface area contributed by atoms with Gasteiger partial charge in [0.05, 0.1) is 13.2 Å². The molecule has 0 N–H and O–H groups in total. The summed E-state index contributed by atoms with van der Waals surface area (Å²) in [6.45, 7) is 23.1. The molecular weight excluding hydrogens is 741 g/mol. The summed E-state index contributed by atoms with van der Waals surface area (Å²) in [5.74, 6) is 1.03. The predicted molar refractivity (Wildman–Crippen MR) is 261 cm³/mol. The highest BCUT2D eigenvalue weighted by atomic mass is 16.5. The molecule has 60 heavy (non-hydrogen) atoms. The number of esters is 1. The number of likely N-dealkylation sites (tertiary alicyclic amines) is 1. The van der Waals surface area contributed by atoms with Gasteiger partial charge >= 0.3 is 5.97 Å². The van der Waals surface area contributed by atoms with Gasteiger partial charge in [-0.2, -0.15) is 0 Å². The number of piperidine rings is 1. The molecule has 0 aromatic carbocycles. The number of hydrogen-bond acceptors (Lipinski definition) is 6. The van der Waals surface area contributed by atoms with Crippen LogP contribution in [0, 0.1) is 5.92 Å². The van der Waals surface area contributed by atoms with Crippen molar-refractivity contribution in [3.63, 3.8) is 0 Å². The lowest BCUT2D eigenvalue weighted by atomic mass is 9.93. The standard InChI is InChI=1S/C53H106N4O3/c1-6-11-15-19-23-27-31-36-53(59)60-49-35-43-54(10-5)44-37-51-38-45-57(46-39-51)52(58)50-56(42-34-30-26-22-18-14-9-4)48-47-55(40-32-28-24-20-16-12-7-2)41-33-29-25-21-17-13-8-3/h51H,6-50H2,1-5H3. The normalized spacial score (nSPS) is 13.7. The second-order valence-corrected chi connectivity index (χ2v) is 19.0. The third-order valence-electron chi connectivity index (χ3n) is 13.5. The third kappa shape index (κ3) is 34.3. The van der Waals surface area contributed by atoms with E-state index in [1.54, 1.807) is 0 Å². The molecule has 0 spiro atoms. The molecule has 1 aliphatic rings. The molecule has 1 saturated heterocycles. The Hall–Kier alpha value is -1.18. The van der Waals surface area contributed by atoms with Crippen LogP contribution in [0.3, 0.4) is 0 Å². The molecule has 0 saturated carbocycles. The summed E-state index contributed by atoms with van der Waals surface area (Å²) in [5.41, 5.74) is 0. The fraction of sp³-hybridized carbons (Fsp3) is 0.962. The minimum atomic E-state index is -0.0200. The van der Waals surface area contributed by atoms with E-state index in [-0.39, 0.29) is 5.97 Å². The molecule has 1 rings (SSSR count). The van der Waals surface area contributed by atoms with E-state index in [1.807, 2.05) is 0 Å². The Morgan fingerprint density at radius 2 is 0.850 bits per heavy atom. The number of amides is 1. The molecule has 7 nitrogen and oxygen atoms in total. The van der Waals surface area contributed by atoms with Crippen LogP contribution in [-0.4, -0.2) is 110 Å². The van der Waals surface area contributed by atoms with Crippen molar-refractivity contribution < 1.29 is 14.3 Å². The van der Waals surface area contributed by atoms with Crippen LogP contribution < -0.4 is 0 Å². The number of rotatable bonds is 45. The van der Waals surface area contributed by atoms with Crippen molar-refractivity contribution in [2.45, 2.75) is 247 Å². The number of hydrogen-bond donors (Lipinski definition) is 0. The Balaban J connectivity index is 2.55. The van der Waals surface area contributed by atoms with Crippen molar-refractivity contribution in [1.82, 2.24) is 19.6 Å². The Labute approximate surface area is 375 Å². The van der Waals surface area contributed by atoms with Crippen LogP contribution in [0.5, 0.6) is 0 Å². The minimum absolute atomic E-state index is 0.0200. The average molecular weight is 847 g/mol. The molecule has 0 bridgehead atoms. The molecule has 1 fully saturated rings. The van der Waals surface area contributed by atoms with Crippen molar-refractivity contribution in [2.24, 2.45) is 5.92 Å². The molecule has 1 heterocycles. The lowest BCUT2D eigenvalue weighted by Crippen LogP contribution is -2.46. The molecule has 0 aromatic heterocycles. The van der Waals surface area contributed by atoms with Crippen LogP contribution >= 0.6 is 0 Å². The van der Waals surface area contributed by atoms with Crippen molar-refractivity contribution >= 4 is 11.9 Å². The van der Waals surface area contributed by atoms with Gasteiger partial charge in [0, 0.05) is 39.1 Å². The van der Waals surface area contributed by atoms with Crippen LogP contribution in [0.25, 0.3) is 0 Å². The van der Waals surface area contributed by atoms with E-state index in [4.69, 9.17) is 4.74 Å². The molecule has 0 aromatic rings. The Bertz CT molecular complexity index is 908. The molecule has 1 amide bonds. The lowest BCUT2D eigenvalue weighted by molar-refractivity contribution is -0.144. The van der Waals surface area contributed by atoms with Crippen molar-refractivity contribution in [2.75, 3.05) is 78.6 Å². The van der Waals surface area contributed by atoms with Gasteiger partial charge in [0.25, 0.3) is 0 Å². The summed E-state index contributed by atoms with van der Waals surface area (Å²) in [7, 11) is 0. The van der Waals surface area contributed by atoms with Gasteiger partial charge in [0.15, 0.2) is 0 Å². The van der Waals surface area contributed by atoms with Gasteiger partial charge in [-0.1, -0.05) is 189 Å². The topological polar surface area (TPSA) is 56.3 Å². The highest BCUT2D eigenvalue weighted by molar-refractivity contribution is 5.78. The number of carbonyl (C=O) groups excluding carboxylic acids is 2. The summed E-state index contributed by atoms with van der Waals surface area (Å²) in [4.78, 5) is 36.1. The fourth-order valence-electron chi connectivity index (χ4n) is 9.09. The quantitative estimate of drug-likeness (QED) is 0.0449. The molecule has 356 valence electrons. The molecule has 0 aliphatic carbocycles. The van der Waals surface area contributed by atoms with Gasteiger partial charge in [-0.3, -0.25) is 14.5 Å². The maximum absolute atomic E-state index is 13.9. The van der Waals surface area contributed by atoms with Gasteiger partial charge < -0.3 is 19.4 Å². The first-order valence-corrected chi connectivity index (χ1v) is 27.1. The Morgan fingerprint density at radius 1 is 0.450 bits per heavy atom. The molecular formula is C53H106N4O3. The van der Waals surface area contributed by atoms with E-state index in [9.17, 15) is 9.59 Å². The first-order valence-electron chi connectivity index (χ1n) is 27.1. The van der Waals surface area contributed by atoms with Crippen LogP contribution in [-0.2, 0) is 14.3 Å². The second kappa shape index (κ2) is 43.1. The Morgan fingerprint density at radius 3 is 1.32 bits per heavy atom. The fourth-order valence-corrected chi connectivity index (χ4v) is 9.09. The van der Waals surface area contributed by atoms with Crippen LogP contribution in [0.15, 0.2) is 0 Å². The van der Waals surface area contributed by atoms with E-state index in [0.29, 0.717) is 31.4 Å². The lowest BCUT2D eigenvalue weighted by Gasteiger charge is -2.35. The van der Waals surface area contributed by atoms with Crippen LogP contribution in [0.2, 0.25) is 0 Å². The van der Waals surface area contributed by atoms with Gasteiger partial charge in [-0.25, -0.2) is 0 Å². The zero-order chi connectivity index (χ0) is 43.6. The smallest absolute Gasteiger partial charge is 0.305 e. The minimum Gasteiger partial charge on any atom is -0.466 e. The second-order valence-electron chi connectivity index (χ2n) is 19.0. The van der Waals surface area contributed by atoms with Crippen molar-refractivity contribution in [3.8, 4) is 0 Å². The average Bonchev–Trinajstić information content (AvgIpc) is 3.26. The highest BCUT2D eigenvalue weighted by Gasteiger charge is 2.25. The summed E-state index contributed by atoms with van der Waals surface area (Å²) >= 11 is 0. The predicted octanol–water partition coefficient (Wildman–Crippen LogP) is 13.9. The summed E-state index contributed by atoms with van der Waals surface area (Å²) in [6.07, 6.45) is 41.9. The number of unbranched alkanes of at least 4 members (excludes halogenated alkanes) is 24. The van der Waals surface area contributed by atoms with Gasteiger partial charge in [0.1, 0.15) is 0 Å². The Kier molecular flexibility index (Phi) is 40.8. The first kappa shape index (κ1) is 56.8. The summed E-state index contributed by atoms with van der Waals surface area (Å²) < 4.78 is 5.57. The third-order valence-corrected chi connectivity index (χ3v) is 13.5. The molecule has 0 unspecified atom stereocenters. The van der Waals surface area contributed by atoms with Gasteiger partial charge in [-0.15, -0.1) is 0 Å². The largest absolute Gasteiger partial charge is 0.466 e. The number of nitrogens with zero attached hydrogens (tertiary/aromatic N) is 4. The summed E-state index contributed by atoms with van der Waals surface area (Å²) in [5, 5.41) is 0. The van der Waals surface area contributed by atoms with E-state index < -0.39 is 0 Å². The van der Waals surface area contributed by atoms with E-state index in [1.165, 1.54) is 186 Å². The zero-order valence-corrected chi connectivity index (χ0v) is 41.4. The number of carbonyl (C=O) groups is 2. The maximum Gasteiger partial charge on any atom is 0.305 e. The maximum atomic E-state index is 13.9. The van der Waals surface area contributed by atoms with Crippen molar-refractivity contribution in [3.05, 3.63) is 0 Å². The van der Waals surface area contributed by atoms with E-state index in [0.717, 1.165) is 84.5 Å². The molecule has 0 radical (unpaired) electrons. The monoisotopic (exact) mass is 847 g/mol. The van der Waals surface area contributed by atoms with E-state index in [2.05, 4.69) is 54.2 Å². The van der Waals surface area contributed by atoms with Gasteiger partial charge in [-0.05, 0) is 90.0 Å². The summed E-state index contributed by atoms with van der Waals surface area (Å²) in [6, 6.07) is 0. The van der Waals surface area contributed by atoms with Gasteiger partial charge in [0.2, 0.25) is 5.91 Å². The van der Waals surface area contributed by atoms with Crippen molar-refractivity contribution in [1.29, 1.82) is 0 Å². The zero-order valence-electron chi connectivity index (χ0n) is 41.4. The van der Waals surface area contributed by atoms with E-state index >= 15 is 0 Å². The van der Waals surface area contributed by atoms with Crippen LogP contribution in [0.4, 0.5) is 0 Å². The molecule has 1 aliphatic heterocycles. The van der Waals surface area contributed by atoms with Crippen LogP contribution in [0.1, 0.15) is 247 Å². The molecule has 0 atom stereocenters.